The van der Waals surface area contributed by atoms with Gasteiger partial charge in [0.2, 0.25) is 0 Å². The van der Waals surface area contributed by atoms with Crippen molar-refractivity contribution >= 4 is 38.4 Å². The molecule has 5 heteroatoms. The normalized spacial score (nSPS) is 23.0. The van der Waals surface area contributed by atoms with Gasteiger partial charge >= 0.3 is 0 Å². The predicted octanol–water partition coefficient (Wildman–Crippen LogP) is 3.49. The van der Waals surface area contributed by atoms with E-state index in [0.29, 0.717) is 0 Å². The zero-order chi connectivity index (χ0) is 10.8. The molecule has 0 saturated carbocycles. The average Bonchev–Trinajstić information content (AvgIpc) is 2.27. The van der Waals surface area contributed by atoms with Gasteiger partial charge in [0, 0.05) is 17.7 Å². The van der Waals surface area contributed by atoms with Crippen LogP contribution in [0.4, 0.5) is 0 Å². The van der Waals surface area contributed by atoms with Gasteiger partial charge in [0.1, 0.15) is 0 Å². The Labute approximate surface area is 99.2 Å². The molecule has 0 fully saturated rings. The highest BCUT2D eigenvalue weighted by atomic mass is 32.6. The number of hydrogen-bond acceptors (Lipinski definition) is 1. The lowest BCUT2D eigenvalue weighted by Gasteiger charge is -2.25. The summed E-state index contributed by atoms with van der Waals surface area (Å²) >= 11 is 0. The summed E-state index contributed by atoms with van der Waals surface area (Å²) in [5.74, 6) is 0.847. The Morgan fingerprint density at radius 3 is 3.07 bits per heavy atom. The number of aryl methyl sites for hydroxylation is 1. The number of nitrogens with zero attached hydrogens (tertiary/aromatic N) is 1. The fourth-order valence-corrected chi connectivity index (χ4v) is 5.87. The van der Waals surface area contributed by atoms with Crippen molar-refractivity contribution in [3.63, 3.8) is 0 Å². The van der Waals surface area contributed by atoms with Crippen molar-refractivity contribution in [1.82, 2.24) is 4.98 Å². The zero-order valence-corrected chi connectivity index (χ0v) is 13.1. The fraction of sp³-hybridized carbons (Fsp3) is 0.500. The third-order valence-corrected chi connectivity index (χ3v) is 13.1. The van der Waals surface area contributed by atoms with Gasteiger partial charge in [-0.05, 0) is 43.6 Å². The van der Waals surface area contributed by atoms with E-state index in [-0.39, 0.29) is 7.30 Å². The first kappa shape index (κ1) is 12.3. The number of fused-ring (bicyclic) bond motifs is 1. The number of pyridine rings is 1. The van der Waals surface area contributed by atoms with Crippen LogP contribution in [0.5, 0.6) is 0 Å². The van der Waals surface area contributed by atoms with Crippen LogP contribution in [0.25, 0.3) is 0 Å². The highest BCUT2D eigenvalue weighted by Crippen LogP contribution is 2.65. The summed E-state index contributed by atoms with van der Waals surface area (Å²) in [6.07, 6.45) is 7.98. The monoisotopic (exact) mass is 275 g/mol. The largest absolute Gasteiger partial charge is 0.264 e. The Kier molecular flexibility index (Phi) is 4.50. The highest BCUT2D eigenvalue weighted by molar-refractivity contribution is 8.63. The Morgan fingerprint density at radius 2 is 2.33 bits per heavy atom. The molecule has 1 aliphatic rings. The summed E-state index contributed by atoms with van der Waals surface area (Å²) in [6.45, 7) is 2.36. The van der Waals surface area contributed by atoms with Crippen LogP contribution in [-0.4, -0.2) is 4.98 Å². The second-order valence-corrected chi connectivity index (χ2v) is 13.3. The molecule has 0 amide bonds. The molecular formula is C10H17NP4. The van der Waals surface area contributed by atoms with Crippen LogP contribution in [0, 0.1) is 5.92 Å². The van der Waals surface area contributed by atoms with E-state index in [2.05, 4.69) is 42.2 Å². The molecule has 1 aromatic rings. The van der Waals surface area contributed by atoms with E-state index in [4.69, 9.17) is 0 Å². The summed E-state index contributed by atoms with van der Waals surface area (Å²) in [7, 11) is 6.75. The maximum Gasteiger partial charge on any atom is 0.0354 e. The van der Waals surface area contributed by atoms with Crippen molar-refractivity contribution in [1.29, 1.82) is 0 Å². The van der Waals surface area contributed by atoms with Gasteiger partial charge in [-0.3, -0.25) is 4.98 Å². The lowest BCUT2D eigenvalue weighted by molar-refractivity contribution is 0.502. The van der Waals surface area contributed by atoms with Gasteiger partial charge in [0.05, 0.1) is 0 Å². The molecule has 1 aromatic heterocycles. The molecule has 0 aliphatic heterocycles. The molecular weight excluding hydrogens is 258 g/mol. The number of hydrogen-bond donors (Lipinski definition) is 0. The van der Waals surface area contributed by atoms with Crippen LogP contribution in [0.15, 0.2) is 12.4 Å². The molecule has 0 bridgehead atoms. The quantitative estimate of drug-likeness (QED) is 0.753. The molecule has 0 N–H and O–H groups in total. The molecule has 0 spiro atoms. The lowest BCUT2D eigenvalue weighted by Crippen LogP contribution is -2.19. The van der Waals surface area contributed by atoms with Crippen molar-refractivity contribution < 1.29 is 0 Å². The summed E-state index contributed by atoms with van der Waals surface area (Å²) in [4.78, 5) is 4.39. The second kappa shape index (κ2) is 5.47. The van der Waals surface area contributed by atoms with E-state index < -0.39 is 0 Å². The Balaban J connectivity index is 2.39. The summed E-state index contributed by atoms with van der Waals surface area (Å²) in [6, 6.07) is 0. The van der Waals surface area contributed by atoms with Gasteiger partial charge < -0.3 is 0 Å². The standard InChI is InChI=1S/C10H17NP4/c1-7-2-3-8-5-11-6-10(9(8)4-7)15(13)14-12/h5-7,14H,2-4,12-13H2,1H3. The predicted molar refractivity (Wildman–Crippen MR) is 79.7 cm³/mol. The molecule has 1 heterocycles. The van der Waals surface area contributed by atoms with Crippen molar-refractivity contribution in [2.24, 2.45) is 5.92 Å². The first-order valence-electron chi connectivity index (χ1n) is 5.19. The smallest absolute Gasteiger partial charge is 0.0354 e. The first-order valence-corrected chi connectivity index (χ1v) is 11.8. The van der Waals surface area contributed by atoms with Gasteiger partial charge in [0.25, 0.3) is 0 Å². The van der Waals surface area contributed by atoms with Crippen LogP contribution in [-0.2, 0) is 12.8 Å². The van der Waals surface area contributed by atoms with E-state index in [9.17, 15) is 0 Å². The topological polar surface area (TPSA) is 12.9 Å². The third-order valence-electron chi connectivity index (χ3n) is 2.98. The molecule has 82 valence electrons. The minimum atomic E-state index is -0.0623. The summed E-state index contributed by atoms with van der Waals surface area (Å²) in [5, 5.41) is 1.52. The lowest BCUT2D eigenvalue weighted by atomic mass is 9.86. The molecule has 0 aromatic carbocycles. The second-order valence-electron chi connectivity index (χ2n) is 4.14. The van der Waals surface area contributed by atoms with Crippen molar-refractivity contribution in [3.05, 3.63) is 23.5 Å². The Hall–Kier alpha value is 0.870. The van der Waals surface area contributed by atoms with Crippen molar-refractivity contribution in [2.75, 3.05) is 0 Å². The molecule has 0 saturated heterocycles. The minimum Gasteiger partial charge on any atom is -0.264 e. The van der Waals surface area contributed by atoms with E-state index in [1.165, 1.54) is 30.1 Å². The molecule has 0 radical (unpaired) electrons. The van der Waals surface area contributed by atoms with Crippen LogP contribution >= 0.6 is 33.1 Å². The third kappa shape index (κ3) is 2.76. The number of rotatable bonds is 2. The van der Waals surface area contributed by atoms with Crippen LogP contribution in [0.2, 0.25) is 0 Å². The van der Waals surface area contributed by atoms with E-state index in [0.717, 1.165) is 13.9 Å². The maximum atomic E-state index is 4.39. The average molecular weight is 275 g/mol. The SMILES string of the molecule is CC1CCc2cncc(P(P)PP)c2C1. The molecule has 5 unspecified atom stereocenters. The molecule has 5 atom stereocenters. The van der Waals surface area contributed by atoms with E-state index in [1.54, 1.807) is 5.56 Å². The Bertz CT molecular complexity index is 355. The highest BCUT2D eigenvalue weighted by Gasteiger charge is 2.20. The molecule has 2 rings (SSSR count). The van der Waals surface area contributed by atoms with Crippen molar-refractivity contribution in [2.45, 2.75) is 26.2 Å². The van der Waals surface area contributed by atoms with Gasteiger partial charge in [-0.2, -0.15) is 0 Å². The molecule has 1 nitrogen and oxygen atoms in total. The van der Waals surface area contributed by atoms with Crippen LogP contribution in [0.3, 0.4) is 0 Å². The van der Waals surface area contributed by atoms with Gasteiger partial charge in [0.15, 0.2) is 0 Å². The Morgan fingerprint density at radius 1 is 1.53 bits per heavy atom. The van der Waals surface area contributed by atoms with Gasteiger partial charge in [-0.15, -0.1) is 17.9 Å². The van der Waals surface area contributed by atoms with Crippen LogP contribution < -0.4 is 5.30 Å². The number of aromatic nitrogens is 1. The first-order chi connectivity index (χ1) is 7.22. The van der Waals surface area contributed by atoms with Gasteiger partial charge in [-0.1, -0.05) is 14.9 Å². The zero-order valence-electron chi connectivity index (χ0n) is 8.90. The van der Waals surface area contributed by atoms with Gasteiger partial charge in [-0.25, -0.2) is 0 Å². The summed E-state index contributed by atoms with van der Waals surface area (Å²) < 4.78 is 0. The fourth-order valence-electron chi connectivity index (χ4n) is 2.10. The molecule has 1 aliphatic carbocycles. The van der Waals surface area contributed by atoms with E-state index in [1.807, 2.05) is 0 Å². The van der Waals surface area contributed by atoms with Crippen LogP contribution in [0.1, 0.15) is 24.5 Å². The summed E-state index contributed by atoms with van der Waals surface area (Å²) in [5.41, 5.74) is 3.11. The van der Waals surface area contributed by atoms with Crippen molar-refractivity contribution in [3.8, 4) is 0 Å². The van der Waals surface area contributed by atoms with E-state index >= 15 is 0 Å². The minimum absolute atomic E-state index is 0.0623. The maximum absolute atomic E-state index is 4.39. The molecule has 15 heavy (non-hydrogen) atoms.